The number of nitrogens with one attached hydrogen (secondary N) is 1. The van der Waals surface area contributed by atoms with Crippen LogP contribution in [0.4, 0.5) is 10.1 Å². The van der Waals surface area contributed by atoms with Crippen molar-refractivity contribution in [2.24, 2.45) is 5.84 Å². The van der Waals surface area contributed by atoms with E-state index in [2.05, 4.69) is 5.43 Å². The first-order valence-electron chi connectivity index (χ1n) is 5.86. The summed E-state index contributed by atoms with van der Waals surface area (Å²) in [5.74, 6) is 5.24. The van der Waals surface area contributed by atoms with E-state index in [-0.39, 0.29) is 11.9 Å². The molecule has 5 N–H and O–H groups in total. The molecule has 100 valence electrons. The maximum absolute atomic E-state index is 13.2. The summed E-state index contributed by atoms with van der Waals surface area (Å²) < 4.78 is 13.2. The number of benzene rings is 2. The number of hydrazine groups is 1. The minimum Gasteiger partial charge on any atom is -0.398 e. The largest absolute Gasteiger partial charge is 0.398 e. The fourth-order valence-electron chi connectivity index (χ4n) is 2.01. The third-order valence-corrected chi connectivity index (χ3v) is 3.37. The van der Waals surface area contributed by atoms with E-state index in [1.165, 1.54) is 18.2 Å². The summed E-state index contributed by atoms with van der Waals surface area (Å²) in [4.78, 5) is 0. The Kier molecular flexibility index (Phi) is 4.37. The molecule has 0 bridgehead atoms. The Hall–Kier alpha value is -1.62. The smallest absolute Gasteiger partial charge is 0.123 e. The lowest BCUT2D eigenvalue weighted by atomic mass is 9.98. The molecule has 0 aromatic heterocycles. The number of halogens is 2. The predicted molar refractivity (Wildman–Crippen MR) is 76.0 cm³/mol. The van der Waals surface area contributed by atoms with Crippen LogP contribution in [0.25, 0.3) is 0 Å². The van der Waals surface area contributed by atoms with Gasteiger partial charge in [0.15, 0.2) is 0 Å². The predicted octanol–water partition coefficient (Wildman–Crippen LogP) is 2.81. The molecule has 0 aliphatic heterocycles. The lowest BCUT2D eigenvalue weighted by Crippen LogP contribution is -2.30. The summed E-state index contributed by atoms with van der Waals surface area (Å²) in [7, 11) is 0. The van der Waals surface area contributed by atoms with Crippen molar-refractivity contribution in [2.75, 3.05) is 5.73 Å². The normalized spacial score (nSPS) is 12.4. The van der Waals surface area contributed by atoms with Crippen LogP contribution in [0, 0.1) is 5.82 Å². The highest BCUT2D eigenvalue weighted by atomic mass is 35.5. The van der Waals surface area contributed by atoms with Crippen molar-refractivity contribution in [3.8, 4) is 0 Å². The average molecular weight is 280 g/mol. The molecule has 0 saturated carbocycles. The van der Waals surface area contributed by atoms with Crippen molar-refractivity contribution in [2.45, 2.75) is 12.5 Å². The Morgan fingerprint density at radius 2 is 1.95 bits per heavy atom. The minimum absolute atomic E-state index is 0.222. The molecule has 0 spiro atoms. The van der Waals surface area contributed by atoms with E-state index in [0.717, 1.165) is 5.56 Å². The first-order chi connectivity index (χ1) is 9.11. The second-order valence-electron chi connectivity index (χ2n) is 4.29. The number of anilines is 1. The van der Waals surface area contributed by atoms with Gasteiger partial charge >= 0.3 is 0 Å². The summed E-state index contributed by atoms with van der Waals surface area (Å²) >= 11 is 6.06. The quantitative estimate of drug-likeness (QED) is 0.458. The van der Waals surface area contributed by atoms with Gasteiger partial charge in [-0.3, -0.25) is 11.3 Å². The van der Waals surface area contributed by atoms with Crippen molar-refractivity contribution < 1.29 is 4.39 Å². The Morgan fingerprint density at radius 3 is 2.63 bits per heavy atom. The van der Waals surface area contributed by atoms with Crippen molar-refractivity contribution in [1.82, 2.24) is 5.43 Å². The van der Waals surface area contributed by atoms with Crippen molar-refractivity contribution >= 4 is 17.3 Å². The van der Waals surface area contributed by atoms with E-state index in [9.17, 15) is 4.39 Å². The maximum atomic E-state index is 13.2. The number of nitrogen functional groups attached to an aromatic ring is 1. The van der Waals surface area contributed by atoms with Gasteiger partial charge in [0.25, 0.3) is 0 Å². The standard InChI is InChI=1S/C14H15ClFN3/c15-12-6-5-10(16)7-9(12)8-14(19-18)11-3-1-2-4-13(11)17/h1-7,14,19H,8,17-18H2. The molecular weight excluding hydrogens is 265 g/mol. The van der Waals surface area contributed by atoms with Gasteiger partial charge in [-0.15, -0.1) is 0 Å². The van der Waals surface area contributed by atoms with Crippen LogP contribution in [-0.4, -0.2) is 0 Å². The first kappa shape index (κ1) is 13.8. The van der Waals surface area contributed by atoms with Gasteiger partial charge in [-0.05, 0) is 41.8 Å². The van der Waals surface area contributed by atoms with Crippen molar-refractivity contribution in [3.05, 3.63) is 64.4 Å². The van der Waals surface area contributed by atoms with Crippen LogP contribution >= 0.6 is 11.6 Å². The Bertz CT molecular complexity index is 574. The highest BCUT2D eigenvalue weighted by Gasteiger charge is 2.15. The average Bonchev–Trinajstić information content (AvgIpc) is 2.41. The fourth-order valence-corrected chi connectivity index (χ4v) is 2.20. The number of nitrogens with two attached hydrogens (primary N) is 2. The van der Waals surface area contributed by atoms with Gasteiger partial charge in [-0.2, -0.15) is 0 Å². The van der Waals surface area contributed by atoms with Gasteiger partial charge < -0.3 is 5.73 Å². The van der Waals surface area contributed by atoms with Crippen molar-refractivity contribution in [1.29, 1.82) is 0 Å². The maximum Gasteiger partial charge on any atom is 0.123 e. The van der Waals surface area contributed by atoms with Crippen molar-refractivity contribution in [3.63, 3.8) is 0 Å². The summed E-state index contributed by atoms with van der Waals surface area (Å²) in [5, 5.41) is 0.510. The zero-order valence-electron chi connectivity index (χ0n) is 10.2. The van der Waals surface area contributed by atoms with E-state index < -0.39 is 0 Å². The van der Waals surface area contributed by atoms with Crippen LogP contribution in [0.1, 0.15) is 17.2 Å². The lowest BCUT2D eigenvalue weighted by molar-refractivity contribution is 0.550. The molecule has 5 heteroatoms. The third-order valence-electron chi connectivity index (χ3n) is 3.00. The van der Waals surface area contributed by atoms with E-state index in [4.69, 9.17) is 23.2 Å². The molecule has 3 nitrogen and oxygen atoms in total. The van der Waals surface area contributed by atoms with Crippen LogP contribution < -0.4 is 17.0 Å². The fraction of sp³-hybridized carbons (Fsp3) is 0.143. The molecule has 0 aliphatic rings. The van der Waals surface area contributed by atoms with Gasteiger partial charge in [0.1, 0.15) is 5.82 Å². The molecule has 0 heterocycles. The molecule has 1 unspecified atom stereocenters. The monoisotopic (exact) mass is 279 g/mol. The molecule has 0 radical (unpaired) electrons. The van der Waals surface area contributed by atoms with E-state index in [1.807, 2.05) is 18.2 Å². The molecule has 2 aromatic carbocycles. The topological polar surface area (TPSA) is 64.1 Å². The molecule has 2 rings (SSSR count). The highest BCUT2D eigenvalue weighted by Crippen LogP contribution is 2.26. The van der Waals surface area contributed by atoms with Gasteiger partial charge in [0.05, 0.1) is 6.04 Å². The van der Waals surface area contributed by atoms with E-state index in [0.29, 0.717) is 22.7 Å². The molecule has 0 saturated heterocycles. The van der Waals surface area contributed by atoms with Crippen LogP contribution in [0.5, 0.6) is 0 Å². The van der Waals surface area contributed by atoms with Gasteiger partial charge in [0.2, 0.25) is 0 Å². The number of para-hydroxylation sites is 1. The number of hydrogen-bond acceptors (Lipinski definition) is 3. The van der Waals surface area contributed by atoms with Crippen LogP contribution in [0.15, 0.2) is 42.5 Å². The summed E-state index contributed by atoms with van der Waals surface area (Å²) in [5.41, 5.74) is 10.8. The first-order valence-corrected chi connectivity index (χ1v) is 6.24. The Balaban J connectivity index is 2.29. The van der Waals surface area contributed by atoms with E-state index in [1.54, 1.807) is 6.07 Å². The van der Waals surface area contributed by atoms with Crippen LogP contribution in [-0.2, 0) is 6.42 Å². The lowest BCUT2D eigenvalue weighted by Gasteiger charge is -2.19. The zero-order valence-corrected chi connectivity index (χ0v) is 11.0. The Morgan fingerprint density at radius 1 is 1.21 bits per heavy atom. The third kappa shape index (κ3) is 3.23. The SMILES string of the molecule is NNC(Cc1cc(F)ccc1Cl)c1ccccc1N. The second-order valence-corrected chi connectivity index (χ2v) is 4.70. The van der Waals surface area contributed by atoms with Gasteiger partial charge in [-0.1, -0.05) is 29.8 Å². The molecular formula is C14H15ClFN3. The molecule has 0 fully saturated rings. The summed E-state index contributed by atoms with van der Waals surface area (Å²) in [6, 6.07) is 11.5. The zero-order chi connectivity index (χ0) is 13.8. The molecule has 1 atom stereocenters. The molecule has 0 aliphatic carbocycles. The molecule has 19 heavy (non-hydrogen) atoms. The van der Waals surface area contributed by atoms with Crippen LogP contribution in [0.3, 0.4) is 0 Å². The van der Waals surface area contributed by atoms with Gasteiger partial charge in [-0.25, -0.2) is 4.39 Å². The van der Waals surface area contributed by atoms with Gasteiger partial charge in [0, 0.05) is 10.7 Å². The molecule has 2 aromatic rings. The summed E-state index contributed by atoms with van der Waals surface area (Å²) in [6.07, 6.45) is 0.460. The summed E-state index contributed by atoms with van der Waals surface area (Å²) in [6.45, 7) is 0. The number of hydrogen-bond donors (Lipinski definition) is 3. The van der Waals surface area contributed by atoms with Crippen LogP contribution in [0.2, 0.25) is 5.02 Å². The number of rotatable bonds is 4. The minimum atomic E-state index is -0.323. The Labute approximate surface area is 116 Å². The highest BCUT2D eigenvalue weighted by molar-refractivity contribution is 6.31. The van der Waals surface area contributed by atoms with E-state index >= 15 is 0 Å². The molecule has 0 amide bonds. The second kappa shape index (κ2) is 6.02.